The zero-order chi connectivity index (χ0) is 22.7. The maximum absolute atomic E-state index is 13.6. The first kappa shape index (κ1) is 21.9. The number of halogens is 1. The lowest BCUT2D eigenvalue weighted by Crippen LogP contribution is -2.24. The van der Waals surface area contributed by atoms with Crippen LogP contribution in [0.5, 0.6) is 0 Å². The molecule has 2 aromatic carbocycles. The van der Waals surface area contributed by atoms with Gasteiger partial charge in [0.05, 0.1) is 17.8 Å². The molecule has 1 N–H and O–H groups in total. The second kappa shape index (κ2) is 9.44. The summed E-state index contributed by atoms with van der Waals surface area (Å²) >= 11 is 1.46. The minimum Gasteiger partial charge on any atom is -0.352 e. The van der Waals surface area contributed by atoms with Gasteiger partial charge in [0.25, 0.3) is 0 Å². The van der Waals surface area contributed by atoms with Gasteiger partial charge in [-0.25, -0.2) is 14.1 Å². The van der Waals surface area contributed by atoms with Crippen LogP contribution in [0.3, 0.4) is 0 Å². The lowest BCUT2D eigenvalue weighted by atomic mass is 10.0. The molecule has 0 unspecified atom stereocenters. The molecule has 0 aliphatic heterocycles. The highest BCUT2D eigenvalue weighted by atomic mass is 32.1. The van der Waals surface area contributed by atoms with Crippen molar-refractivity contribution in [2.24, 2.45) is 0 Å². The Morgan fingerprint density at radius 3 is 2.62 bits per heavy atom. The molecule has 0 aliphatic rings. The van der Waals surface area contributed by atoms with Gasteiger partial charge < -0.3 is 5.32 Å². The van der Waals surface area contributed by atoms with Crippen molar-refractivity contribution in [3.8, 4) is 5.13 Å². The van der Waals surface area contributed by atoms with Gasteiger partial charge in [0.15, 0.2) is 0 Å². The molecule has 2 heterocycles. The van der Waals surface area contributed by atoms with E-state index in [4.69, 9.17) is 0 Å². The topological polar surface area (TPSA) is 59.8 Å². The van der Waals surface area contributed by atoms with Gasteiger partial charge in [-0.15, -0.1) is 11.3 Å². The number of amides is 1. The van der Waals surface area contributed by atoms with Gasteiger partial charge in [-0.1, -0.05) is 42.0 Å². The number of nitrogens with zero attached hydrogens (tertiary/aromatic N) is 3. The number of thiazole rings is 1. The summed E-state index contributed by atoms with van der Waals surface area (Å²) in [6.07, 6.45) is 0.826. The van der Waals surface area contributed by atoms with Crippen molar-refractivity contribution >= 4 is 17.2 Å². The van der Waals surface area contributed by atoms with E-state index in [0.29, 0.717) is 18.7 Å². The smallest absolute Gasteiger partial charge is 0.226 e. The minimum atomic E-state index is -0.240. The van der Waals surface area contributed by atoms with E-state index in [9.17, 15) is 9.18 Å². The Hall–Kier alpha value is -3.32. The van der Waals surface area contributed by atoms with Crippen LogP contribution < -0.4 is 5.32 Å². The van der Waals surface area contributed by atoms with Gasteiger partial charge in [-0.3, -0.25) is 4.79 Å². The first-order valence-corrected chi connectivity index (χ1v) is 11.3. The fourth-order valence-electron chi connectivity index (χ4n) is 3.58. The fraction of sp³-hybridized carbons (Fsp3) is 0.240. The van der Waals surface area contributed by atoms with Crippen LogP contribution in [0.4, 0.5) is 4.39 Å². The monoisotopic (exact) mass is 448 g/mol. The number of nitrogens with one attached hydrogen (secondary N) is 1. The van der Waals surface area contributed by atoms with Gasteiger partial charge in [-0.05, 0) is 44.0 Å². The van der Waals surface area contributed by atoms with Crippen LogP contribution in [-0.2, 0) is 24.2 Å². The van der Waals surface area contributed by atoms with Crippen molar-refractivity contribution in [2.45, 2.75) is 40.2 Å². The van der Waals surface area contributed by atoms with E-state index in [0.717, 1.165) is 33.2 Å². The van der Waals surface area contributed by atoms with Crippen molar-refractivity contribution in [3.63, 3.8) is 0 Å². The summed E-state index contributed by atoms with van der Waals surface area (Å²) in [6.45, 7) is 6.47. The van der Waals surface area contributed by atoms with E-state index in [-0.39, 0.29) is 18.1 Å². The fourth-order valence-corrected chi connectivity index (χ4v) is 4.40. The lowest BCUT2D eigenvalue weighted by Gasteiger charge is -2.05. The summed E-state index contributed by atoms with van der Waals surface area (Å²) in [6, 6.07) is 14.7. The van der Waals surface area contributed by atoms with E-state index in [2.05, 4.69) is 15.4 Å². The summed E-state index contributed by atoms with van der Waals surface area (Å²) in [4.78, 5) is 17.0. The molecule has 0 bridgehead atoms. The number of rotatable bonds is 7. The predicted octanol–water partition coefficient (Wildman–Crippen LogP) is 4.84. The molecule has 0 atom stereocenters. The maximum atomic E-state index is 13.6. The van der Waals surface area contributed by atoms with Crippen molar-refractivity contribution in [1.29, 1.82) is 0 Å². The third kappa shape index (κ3) is 5.11. The highest BCUT2D eigenvalue weighted by Crippen LogP contribution is 2.23. The number of aromatic nitrogens is 3. The molecule has 0 saturated carbocycles. The Bertz CT molecular complexity index is 1240. The third-order valence-electron chi connectivity index (χ3n) is 5.38. The van der Waals surface area contributed by atoms with Crippen LogP contribution in [0.1, 0.15) is 39.3 Å². The van der Waals surface area contributed by atoms with Crippen molar-refractivity contribution in [3.05, 3.63) is 99.1 Å². The largest absolute Gasteiger partial charge is 0.352 e. The number of benzene rings is 2. The van der Waals surface area contributed by atoms with Crippen LogP contribution in [0.25, 0.3) is 5.13 Å². The van der Waals surface area contributed by atoms with Crippen molar-refractivity contribution in [2.75, 3.05) is 0 Å². The summed E-state index contributed by atoms with van der Waals surface area (Å²) in [5.74, 6) is -0.307. The Morgan fingerprint density at radius 1 is 1.09 bits per heavy atom. The minimum absolute atomic E-state index is 0.0670. The van der Waals surface area contributed by atoms with Crippen LogP contribution in [0, 0.1) is 26.6 Å². The molecule has 0 spiro atoms. The summed E-state index contributed by atoms with van der Waals surface area (Å²) in [5.41, 5.74) is 6.79. The Balaban J connectivity index is 1.43. The zero-order valence-electron chi connectivity index (χ0n) is 18.4. The highest BCUT2D eigenvalue weighted by Gasteiger charge is 2.16. The first-order chi connectivity index (χ1) is 15.4. The number of hydrogen-bond donors (Lipinski definition) is 1. The van der Waals surface area contributed by atoms with Crippen LogP contribution >= 0.6 is 11.3 Å². The normalized spacial score (nSPS) is 11.0. The van der Waals surface area contributed by atoms with E-state index in [1.807, 2.05) is 61.2 Å². The second-order valence-corrected chi connectivity index (χ2v) is 8.76. The molecule has 0 saturated heterocycles. The molecule has 0 aliphatic carbocycles. The molecule has 2 aromatic heterocycles. The van der Waals surface area contributed by atoms with E-state index in [1.54, 1.807) is 12.1 Å². The number of hydrogen-bond acceptors (Lipinski definition) is 4. The Morgan fingerprint density at radius 2 is 1.88 bits per heavy atom. The van der Waals surface area contributed by atoms with Crippen LogP contribution in [0.15, 0.2) is 53.9 Å². The van der Waals surface area contributed by atoms with Gasteiger partial charge in [0.2, 0.25) is 11.0 Å². The molecule has 0 radical (unpaired) electrons. The van der Waals surface area contributed by atoms with E-state index < -0.39 is 0 Å². The molecule has 4 aromatic rings. The van der Waals surface area contributed by atoms with Gasteiger partial charge in [0.1, 0.15) is 5.82 Å². The molecule has 4 rings (SSSR count). The zero-order valence-corrected chi connectivity index (χ0v) is 19.2. The van der Waals surface area contributed by atoms with E-state index in [1.165, 1.54) is 23.0 Å². The first-order valence-electron chi connectivity index (χ1n) is 10.5. The molecule has 7 heteroatoms. The van der Waals surface area contributed by atoms with Crippen molar-refractivity contribution < 1.29 is 9.18 Å². The molecule has 1 amide bonds. The molecule has 5 nitrogen and oxygen atoms in total. The summed E-state index contributed by atoms with van der Waals surface area (Å²) in [7, 11) is 0. The quantitative estimate of drug-likeness (QED) is 0.440. The molecular formula is C25H25FN4OS. The third-order valence-corrected chi connectivity index (χ3v) is 6.25. The van der Waals surface area contributed by atoms with E-state index >= 15 is 0 Å². The average molecular weight is 449 g/mol. The van der Waals surface area contributed by atoms with Gasteiger partial charge in [-0.2, -0.15) is 5.10 Å². The lowest BCUT2D eigenvalue weighted by molar-refractivity contribution is -0.120. The van der Waals surface area contributed by atoms with Gasteiger partial charge >= 0.3 is 0 Å². The maximum Gasteiger partial charge on any atom is 0.226 e. The van der Waals surface area contributed by atoms with Crippen LogP contribution in [-0.4, -0.2) is 20.7 Å². The standard InChI is InChI=1S/C25H25FN4OS/c1-16-7-9-19(10-8-16)14-27-24(31)13-22-15-32-25(28-22)30-18(3)23(17(2)29-30)12-20-5-4-6-21(26)11-20/h4-11,15H,12-14H2,1-3H3,(H,27,31). The van der Waals surface area contributed by atoms with Crippen molar-refractivity contribution in [1.82, 2.24) is 20.1 Å². The molecule has 0 fully saturated rings. The second-order valence-electron chi connectivity index (χ2n) is 7.93. The molecular weight excluding hydrogens is 423 g/mol. The number of aryl methyl sites for hydroxylation is 2. The summed E-state index contributed by atoms with van der Waals surface area (Å²) in [5, 5.41) is 10.2. The van der Waals surface area contributed by atoms with Gasteiger partial charge in [0, 0.05) is 29.6 Å². The number of carbonyl (C=O) groups is 1. The SMILES string of the molecule is Cc1ccc(CNC(=O)Cc2csc(-n3nc(C)c(Cc4cccc(F)c4)c3C)n2)cc1. The Labute approximate surface area is 191 Å². The molecule has 164 valence electrons. The predicted molar refractivity (Wildman–Crippen MR) is 125 cm³/mol. The molecule has 32 heavy (non-hydrogen) atoms. The number of carbonyl (C=O) groups excluding carboxylic acids is 1. The van der Waals surface area contributed by atoms with Crippen LogP contribution in [0.2, 0.25) is 0 Å². The highest BCUT2D eigenvalue weighted by molar-refractivity contribution is 7.12. The average Bonchev–Trinajstić information content (AvgIpc) is 3.33. The summed E-state index contributed by atoms with van der Waals surface area (Å²) < 4.78 is 15.4. The Kier molecular flexibility index (Phi) is 6.46.